The monoisotopic (exact) mass is 184 g/mol. The van der Waals surface area contributed by atoms with Crippen LogP contribution in [0.5, 0.6) is 0 Å². The van der Waals surface area contributed by atoms with Crippen molar-refractivity contribution in [1.82, 2.24) is 0 Å². The maximum Gasteiger partial charge on any atom is 0.332 e. The molecule has 0 aromatic heterocycles. The Morgan fingerprint density at radius 2 is 2.31 bits per heavy atom. The highest BCUT2D eigenvalue weighted by Crippen LogP contribution is 2.17. The summed E-state index contributed by atoms with van der Waals surface area (Å²) in [7, 11) is 0. The molecule has 0 aliphatic rings. The minimum Gasteiger partial charge on any atom is -0.430 e. The summed E-state index contributed by atoms with van der Waals surface area (Å²) in [5.41, 5.74) is 0. The van der Waals surface area contributed by atoms with Crippen molar-refractivity contribution in [3.8, 4) is 0 Å². The van der Waals surface area contributed by atoms with Gasteiger partial charge in [0.2, 0.25) is 5.79 Å². The van der Waals surface area contributed by atoms with Crippen LogP contribution >= 0.6 is 0 Å². The van der Waals surface area contributed by atoms with E-state index in [1.165, 1.54) is 0 Å². The molecule has 0 amide bonds. The topological polar surface area (TPSA) is 46.5 Å². The van der Waals surface area contributed by atoms with Crippen molar-refractivity contribution in [3.63, 3.8) is 0 Å². The molecular formula is C10H16O3. The van der Waals surface area contributed by atoms with Gasteiger partial charge in [-0.05, 0) is 6.92 Å². The molecule has 0 saturated carbocycles. The fourth-order valence-electron chi connectivity index (χ4n) is 0.789. The van der Waals surface area contributed by atoms with E-state index < -0.39 is 11.8 Å². The highest BCUT2D eigenvalue weighted by atomic mass is 16.7. The Kier molecular flexibility index (Phi) is 5.07. The maximum atomic E-state index is 10.8. The molecule has 74 valence electrons. The number of hydrogen-bond acceptors (Lipinski definition) is 3. The highest BCUT2D eigenvalue weighted by Gasteiger charge is 2.26. The van der Waals surface area contributed by atoms with Crippen molar-refractivity contribution < 1.29 is 14.6 Å². The van der Waals surface area contributed by atoms with Crippen LogP contribution in [0.2, 0.25) is 0 Å². The fraction of sp³-hybridized carbons (Fsp3) is 0.500. The first-order chi connectivity index (χ1) is 6.08. The van der Waals surface area contributed by atoms with Crippen molar-refractivity contribution >= 4 is 5.97 Å². The molecule has 3 nitrogen and oxygen atoms in total. The second-order valence-corrected chi connectivity index (χ2v) is 2.70. The highest BCUT2D eigenvalue weighted by molar-refractivity contribution is 5.81. The number of carbonyl (C=O) groups excluding carboxylic acids is 1. The molecule has 0 fully saturated rings. The number of rotatable bonds is 5. The molecule has 1 N–H and O–H groups in total. The molecule has 0 spiro atoms. The Morgan fingerprint density at radius 3 is 2.69 bits per heavy atom. The van der Waals surface area contributed by atoms with E-state index in [1.807, 2.05) is 6.92 Å². The van der Waals surface area contributed by atoms with E-state index in [4.69, 9.17) is 4.74 Å². The molecule has 0 aromatic rings. The summed E-state index contributed by atoms with van der Waals surface area (Å²) in [5, 5.41) is 9.71. The smallest absolute Gasteiger partial charge is 0.332 e. The molecule has 13 heavy (non-hydrogen) atoms. The zero-order valence-corrected chi connectivity index (χ0v) is 8.12. The summed E-state index contributed by atoms with van der Waals surface area (Å²) in [6.07, 6.45) is 5.25. The third-order valence-electron chi connectivity index (χ3n) is 1.68. The molecule has 3 heteroatoms. The van der Waals surface area contributed by atoms with Gasteiger partial charge in [0, 0.05) is 18.9 Å². The lowest BCUT2D eigenvalue weighted by Gasteiger charge is -2.24. The standard InChI is InChI=1S/C10H16O3/c1-4-7-8-10(12,6-3)13-9(11)5-2/h4-5,7,12H,2,6,8H2,1,3H3. The third-order valence-corrected chi connectivity index (χ3v) is 1.68. The summed E-state index contributed by atoms with van der Waals surface area (Å²) >= 11 is 0. The van der Waals surface area contributed by atoms with Crippen LogP contribution in [0, 0.1) is 0 Å². The van der Waals surface area contributed by atoms with E-state index in [0.29, 0.717) is 12.8 Å². The van der Waals surface area contributed by atoms with Gasteiger partial charge in [0.25, 0.3) is 0 Å². The van der Waals surface area contributed by atoms with Crippen molar-refractivity contribution in [3.05, 3.63) is 24.8 Å². The summed E-state index contributed by atoms with van der Waals surface area (Å²) in [5.74, 6) is -1.99. The first-order valence-corrected chi connectivity index (χ1v) is 4.27. The minimum atomic E-state index is -1.39. The van der Waals surface area contributed by atoms with Crippen LogP contribution in [0.25, 0.3) is 0 Å². The van der Waals surface area contributed by atoms with E-state index >= 15 is 0 Å². The number of ether oxygens (including phenoxy) is 1. The second kappa shape index (κ2) is 5.54. The zero-order valence-electron chi connectivity index (χ0n) is 8.12. The molecule has 0 saturated heterocycles. The van der Waals surface area contributed by atoms with Crippen LogP contribution < -0.4 is 0 Å². The molecule has 0 aromatic carbocycles. The molecule has 0 aliphatic heterocycles. The quantitative estimate of drug-likeness (QED) is 0.306. The van der Waals surface area contributed by atoms with E-state index in [9.17, 15) is 9.90 Å². The first-order valence-electron chi connectivity index (χ1n) is 4.27. The fourth-order valence-corrected chi connectivity index (χ4v) is 0.789. The Morgan fingerprint density at radius 1 is 1.69 bits per heavy atom. The van der Waals surface area contributed by atoms with E-state index in [-0.39, 0.29) is 0 Å². The van der Waals surface area contributed by atoms with Gasteiger partial charge in [-0.3, -0.25) is 0 Å². The van der Waals surface area contributed by atoms with Crippen LogP contribution in [0.4, 0.5) is 0 Å². The Bertz CT molecular complexity index is 208. The lowest BCUT2D eigenvalue weighted by molar-refractivity contribution is -0.203. The maximum absolute atomic E-state index is 10.8. The van der Waals surface area contributed by atoms with Crippen LogP contribution in [-0.2, 0) is 9.53 Å². The number of hydrogen-bond donors (Lipinski definition) is 1. The van der Waals surface area contributed by atoms with Gasteiger partial charge in [-0.25, -0.2) is 4.79 Å². The predicted molar refractivity (Wildman–Crippen MR) is 51.0 cm³/mol. The molecular weight excluding hydrogens is 168 g/mol. The Hall–Kier alpha value is -1.09. The lowest BCUT2D eigenvalue weighted by Crippen LogP contribution is -2.33. The molecule has 0 rings (SSSR count). The van der Waals surface area contributed by atoms with Gasteiger partial charge in [0.1, 0.15) is 0 Å². The van der Waals surface area contributed by atoms with Crippen molar-refractivity contribution in [2.24, 2.45) is 0 Å². The van der Waals surface area contributed by atoms with Gasteiger partial charge in [0.15, 0.2) is 0 Å². The molecule has 0 aliphatic carbocycles. The second-order valence-electron chi connectivity index (χ2n) is 2.70. The zero-order chi connectivity index (χ0) is 10.3. The van der Waals surface area contributed by atoms with Crippen molar-refractivity contribution in [2.75, 3.05) is 0 Å². The van der Waals surface area contributed by atoms with Gasteiger partial charge >= 0.3 is 5.97 Å². The lowest BCUT2D eigenvalue weighted by atomic mass is 10.1. The SMILES string of the molecule is C=CC(=O)OC(O)(CC)CC=CC. The first kappa shape index (κ1) is 11.9. The normalized spacial score (nSPS) is 15.3. The van der Waals surface area contributed by atoms with Gasteiger partial charge < -0.3 is 9.84 Å². The van der Waals surface area contributed by atoms with Crippen LogP contribution in [-0.4, -0.2) is 16.9 Å². The molecule has 0 bridgehead atoms. The van der Waals surface area contributed by atoms with Crippen LogP contribution in [0.1, 0.15) is 26.7 Å². The number of allylic oxidation sites excluding steroid dienone is 1. The van der Waals surface area contributed by atoms with Gasteiger partial charge in [0.05, 0.1) is 0 Å². The molecule has 0 radical (unpaired) electrons. The number of esters is 1. The molecule has 1 atom stereocenters. The van der Waals surface area contributed by atoms with E-state index in [2.05, 4.69) is 6.58 Å². The summed E-state index contributed by atoms with van der Waals surface area (Å²) in [4.78, 5) is 10.8. The predicted octanol–water partition coefficient (Wildman–Crippen LogP) is 1.78. The van der Waals surface area contributed by atoms with Gasteiger partial charge in [-0.1, -0.05) is 25.7 Å². The van der Waals surface area contributed by atoms with Crippen molar-refractivity contribution in [2.45, 2.75) is 32.5 Å². The van der Waals surface area contributed by atoms with E-state index in [0.717, 1.165) is 6.08 Å². The summed E-state index contributed by atoms with van der Waals surface area (Å²) in [6, 6.07) is 0. The Balaban J connectivity index is 4.26. The summed E-state index contributed by atoms with van der Waals surface area (Å²) in [6.45, 7) is 6.84. The van der Waals surface area contributed by atoms with Crippen LogP contribution in [0.3, 0.4) is 0 Å². The number of aliphatic hydroxyl groups is 1. The number of carbonyl (C=O) groups is 1. The van der Waals surface area contributed by atoms with E-state index in [1.54, 1.807) is 19.1 Å². The molecule has 0 heterocycles. The Labute approximate surface area is 78.7 Å². The summed E-state index contributed by atoms with van der Waals surface area (Å²) < 4.78 is 4.79. The minimum absolute atomic E-state index is 0.305. The average Bonchev–Trinajstić information content (AvgIpc) is 2.14. The molecule has 1 unspecified atom stereocenters. The van der Waals surface area contributed by atoms with Gasteiger partial charge in [-0.15, -0.1) is 0 Å². The van der Waals surface area contributed by atoms with Crippen molar-refractivity contribution in [1.29, 1.82) is 0 Å². The average molecular weight is 184 g/mol. The third kappa shape index (κ3) is 4.48. The largest absolute Gasteiger partial charge is 0.430 e. The van der Waals surface area contributed by atoms with Gasteiger partial charge in [-0.2, -0.15) is 0 Å². The van der Waals surface area contributed by atoms with Crippen LogP contribution in [0.15, 0.2) is 24.8 Å².